The molecule has 1 saturated heterocycles. The van der Waals surface area contributed by atoms with E-state index in [0.29, 0.717) is 24.2 Å². The molecule has 2 amide bonds. The first kappa shape index (κ1) is 13.8. The molecular formula is C15H20N4O3. The fourth-order valence-corrected chi connectivity index (χ4v) is 3.97. The lowest BCUT2D eigenvalue weighted by Gasteiger charge is -2.45. The highest BCUT2D eigenvalue weighted by Crippen LogP contribution is 2.70. The maximum Gasteiger partial charge on any atom is 0.320 e. The predicted molar refractivity (Wildman–Crippen MR) is 78.7 cm³/mol. The Morgan fingerprint density at radius 3 is 2.91 bits per heavy atom. The number of rotatable bonds is 4. The molecule has 118 valence electrons. The van der Waals surface area contributed by atoms with Gasteiger partial charge in [-0.25, -0.2) is 4.79 Å². The van der Waals surface area contributed by atoms with Crippen molar-refractivity contribution in [2.45, 2.75) is 31.3 Å². The van der Waals surface area contributed by atoms with Crippen molar-refractivity contribution in [2.75, 3.05) is 25.6 Å². The highest BCUT2D eigenvalue weighted by molar-refractivity contribution is 5.88. The van der Waals surface area contributed by atoms with Gasteiger partial charge >= 0.3 is 6.03 Å². The number of methoxy groups -OCH3 is 1. The van der Waals surface area contributed by atoms with Crippen LogP contribution < -0.4 is 15.4 Å². The molecule has 0 aromatic carbocycles. The zero-order chi connectivity index (χ0) is 15.2. The summed E-state index contributed by atoms with van der Waals surface area (Å²) in [6.45, 7) is 1.53. The van der Waals surface area contributed by atoms with Gasteiger partial charge in [0.05, 0.1) is 19.3 Å². The monoisotopic (exact) mass is 304 g/mol. The second-order valence-corrected chi connectivity index (χ2v) is 6.48. The molecule has 1 aromatic heterocycles. The first-order chi connectivity index (χ1) is 10.7. The minimum Gasteiger partial charge on any atom is -0.480 e. The van der Waals surface area contributed by atoms with Crippen LogP contribution in [0.5, 0.6) is 5.88 Å². The Balaban J connectivity index is 1.33. The minimum absolute atomic E-state index is 0.0465. The third-order valence-electron chi connectivity index (χ3n) is 5.52. The van der Waals surface area contributed by atoms with E-state index in [1.807, 2.05) is 0 Å². The third-order valence-corrected chi connectivity index (χ3v) is 5.52. The molecule has 7 heteroatoms. The molecule has 4 rings (SSSR count). The number of hydrogen-bond acceptors (Lipinski definition) is 5. The van der Waals surface area contributed by atoms with Crippen LogP contribution in [0.25, 0.3) is 0 Å². The molecule has 2 aliphatic carbocycles. The number of carbonyl (C=O) groups is 1. The van der Waals surface area contributed by atoms with E-state index in [1.54, 1.807) is 12.1 Å². The summed E-state index contributed by atoms with van der Waals surface area (Å²) in [6.07, 6.45) is 4.69. The summed E-state index contributed by atoms with van der Waals surface area (Å²) in [4.78, 5) is 12.0. The van der Waals surface area contributed by atoms with E-state index in [1.165, 1.54) is 20.0 Å². The largest absolute Gasteiger partial charge is 0.480 e. The van der Waals surface area contributed by atoms with Crippen molar-refractivity contribution in [3.05, 3.63) is 12.1 Å². The van der Waals surface area contributed by atoms with E-state index in [2.05, 4.69) is 20.8 Å². The summed E-state index contributed by atoms with van der Waals surface area (Å²) >= 11 is 0. The number of ether oxygens (including phenoxy) is 2. The van der Waals surface area contributed by atoms with E-state index in [0.717, 1.165) is 19.4 Å². The van der Waals surface area contributed by atoms with E-state index in [-0.39, 0.29) is 17.0 Å². The van der Waals surface area contributed by atoms with Crippen LogP contribution in [0.3, 0.4) is 0 Å². The summed E-state index contributed by atoms with van der Waals surface area (Å²) in [6, 6.07) is 3.07. The van der Waals surface area contributed by atoms with Crippen molar-refractivity contribution in [2.24, 2.45) is 11.3 Å². The third kappa shape index (κ3) is 1.95. The van der Waals surface area contributed by atoms with Gasteiger partial charge in [-0.05, 0) is 37.7 Å². The quantitative estimate of drug-likeness (QED) is 0.882. The summed E-state index contributed by atoms with van der Waals surface area (Å²) in [5, 5.41) is 13.4. The molecule has 3 fully saturated rings. The van der Waals surface area contributed by atoms with Gasteiger partial charge in [0, 0.05) is 18.0 Å². The van der Waals surface area contributed by atoms with Gasteiger partial charge in [0.15, 0.2) is 5.82 Å². The van der Waals surface area contributed by atoms with E-state index in [4.69, 9.17) is 9.47 Å². The van der Waals surface area contributed by atoms with Crippen LogP contribution in [-0.2, 0) is 4.74 Å². The smallest absolute Gasteiger partial charge is 0.320 e. The van der Waals surface area contributed by atoms with Crippen molar-refractivity contribution < 1.29 is 14.3 Å². The van der Waals surface area contributed by atoms with Crippen LogP contribution >= 0.6 is 0 Å². The Morgan fingerprint density at radius 2 is 2.32 bits per heavy atom. The van der Waals surface area contributed by atoms with Gasteiger partial charge in [0.2, 0.25) is 5.88 Å². The van der Waals surface area contributed by atoms with E-state index in [9.17, 15) is 4.79 Å². The molecule has 1 aliphatic heterocycles. The molecule has 3 aliphatic rings. The lowest BCUT2D eigenvalue weighted by Crippen LogP contribution is -2.51. The highest BCUT2D eigenvalue weighted by Gasteiger charge is 2.73. The number of nitrogens with one attached hydrogen (secondary N) is 2. The first-order valence-electron chi connectivity index (χ1n) is 7.74. The summed E-state index contributed by atoms with van der Waals surface area (Å²) in [5.74, 6) is 1.44. The van der Waals surface area contributed by atoms with Gasteiger partial charge in [-0.2, -0.15) is 0 Å². The van der Waals surface area contributed by atoms with Crippen LogP contribution in [-0.4, -0.2) is 42.1 Å². The number of anilines is 1. The molecule has 0 radical (unpaired) electrons. The first-order valence-corrected chi connectivity index (χ1v) is 7.74. The average molecular weight is 304 g/mol. The van der Waals surface area contributed by atoms with Crippen molar-refractivity contribution >= 4 is 11.8 Å². The van der Waals surface area contributed by atoms with Gasteiger partial charge in [0.1, 0.15) is 0 Å². The molecule has 1 aromatic rings. The SMILES string of the molecule is COc1ccc(NC(=O)NC[C@]23C[C@H]2COC32CCC2)nn1. The van der Waals surface area contributed by atoms with Gasteiger partial charge in [-0.1, -0.05) is 0 Å². The van der Waals surface area contributed by atoms with Crippen LogP contribution in [0.1, 0.15) is 25.7 Å². The number of nitrogens with zero attached hydrogens (tertiary/aromatic N) is 2. The number of fused-ring (bicyclic) bond motifs is 2. The molecule has 0 bridgehead atoms. The van der Waals surface area contributed by atoms with Crippen molar-refractivity contribution in [1.82, 2.24) is 15.5 Å². The summed E-state index contributed by atoms with van der Waals surface area (Å²) in [5.41, 5.74) is 0.221. The lowest BCUT2D eigenvalue weighted by atomic mass is 9.68. The molecule has 2 saturated carbocycles. The summed E-state index contributed by atoms with van der Waals surface area (Å²) < 4.78 is 10.9. The van der Waals surface area contributed by atoms with E-state index < -0.39 is 0 Å². The van der Waals surface area contributed by atoms with Crippen LogP contribution in [0.4, 0.5) is 10.6 Å². The standard InChI is InChI=1S/C15H20N4O3/c1-21-12-4-3-11(18-19-12)17-13(20)16-9-14-7-10(14)8-22-15(14)5-2-6-15/h3-4,10H,2,5-9H2,1H3,(H2,16,17,18,20)/t10-,14+/m0/s1. The summed E-state index contributed by atoms with van der Waals surface area (Å²) in [7, 11) is 1.52. The number of aromatic nitrogens is 2. The molecule has 2 atom stereocenters. The van der Waals surface area contributed by atoms with Crippen LogP contribution in [0, 0.1) is 11.3 Å². The number of carbonyl (C=O) groups excluding carboxylic acids is 1. The average Bonchev–Trinajstić information content (AvgIpc) is 3.11. The van der Waals surface area contributed by atoms with Crippen molar-refractivity contribution in [3.8, 4) is 5.88 Å². The fourth-order valence-electron chi connectivity index (χ4n) is 3.97. The predicted octanol–water partition coefficient (Wildman–Crippen LogP) is 1.57. The Kier molecular flexibility index (Phi) is 3.00. The van der Waals surface area contributed by atoms with Crippen LogP contribution in [0.2, 0.25) is 0 Å². The fraction of sp³-hybridized carbons (Fsp3) is 0.667. The Bertz CT molecular complexity index is 587. The maximum absolute atomic E-state index is 12.0. The van der Waals surface area contributed by atoms with Crippen molar-refractivity contribution in [3.63, 3.8) is 0 Å². The molecule has 22 heavy (non-hydrogen) atoms. The van der Waals surface area contributed by atoms with Gasteiger partial charge in [-0.15, -0.1) is 10.2 Å². The van der Waals surface area contributed by atoms with Gasteiger partial charge in [0.25, 0.3) is 0 Å². The van der Waals surface area contributed by atoms with Crippen molar-refractivity contribution in [1.29, 1.82) is 0 Å². The van der Waals surface area contributed by atoms with Gasteiger partial charge in [-0.3, -0.25) is 5.32 Å². The topological polar surface area (TPSA) is 85.4 Å². The zero-order valence-electron chi connectivity index (χ0n) is 12.6. The number of urea groups is 1. The lowest BCUT2D eigenvalue weighted by molar-refractivity contribution is -0.109. The minimum atomic E-state index is -0.249. The molecule has 0 unspecified atom stereocenters. The normalized spacial score (nSPS) is 30.3. The molecule has 2 heterocycles. The van der Waals surface area contributed by atoms with Crippen LogP contribution in [0.15, 0.2) is 12.1 Å². The molecule has 1 spiro atoms. The number of hydrogen-bond donors (Lipinski definition) is 2. The van der Waals surface area contributed by atoms with Gasteiger partial charge < -0.3 is 14.8 Å². The Labute approximate surface area is 128 Å². The second kappa shape index (κ2) is 4.81. The molecule has 7 nitrogen and oxygen atoms in total. The van der Waals surface area contributed by atoms with E-state index >= 15 is 0 Å². The maximum atomic E-state index is 12.0. The highest BCUT2D eigenvalue weighted by atomic mass is 16.5. The Morgan fingerprint density at radius 1 is 1.45 bits per heavy atom. The Hall–Kier alpha value is -1.89. The molecular weight excluding hydrogens is 284 g/mol. The second-order valence-electron chi connectivity index (χ2n) is 6.48. The number of amides is 2. The molecule has 2 N–H and O–H groups in total. The zero-order valence-corrected chi connectivity index (χ0v) is 12.6.